The molecule has 1 aromatic rings. The van der Waals surface area contributed by atoms with Gasteiger partial charge in [-0.2, -0.15) is 0 Å². The minimum absolute atomic E-state index is 0.103. The zero-order chi connectivity index (χ0) is 17.6. The van der Waals surface area contributed by atoms with Gasteiger partial charge in [0.15, 0.2) is 0 Å². The van der Waals surface area contributed by atoms with E-state index in [0.717, 1.165) is 45.3 Å². The molecule has 5 nitrogen and oxygen atoms in total. The Morgan fingerprint density at radius 3 is 2.84 bits per heavy atom. The first-order valence-corrected chi connectivity index (χ1v) is 9.15. The number of carbonyl (C=O) groups is 2. The molecule has 0 bridgehead atoms. The van der Waals surface area contributed by atoms with Crippen molar-refractivity contribution in [2.75, 3.05) is 26.2 Å². The van der Waals surface area contributed by atoms with Gasteiger partial charge < -0.3 is 10.2 Å². The van der Waals surface area contributed by atoms with E-state index in [9.17, 15) is 14.0 Å². The molecule has 3 rings (SSSR count). The van der Waals surface area contributed by atoms with E-state index in [2.05, 4.69) is 10.2 Å². The molecule has 2 heterocycles. The molecule has 2 aliphatic heterocycles. The van der Waals surface area contributed by atoms with Crippen LogP contribution in [0.2, 0.25) is 0 Å². The number of benzene rings is 1. The Morgan fingerprint density at radius 2 is 2.04 bits per heavy atom. The zero-order valence-corrected chi connectivity index (χ0v) is 14.5. The maximum atomic E-state index is 13.6. The van der Waals surface area contributed by atoms with Gasteiger partial charge in [0.2, 0.25) is 11.8 Å². The highest BCUT2D eigenvalue weighted by Crippen LogP contribution is 2.21. The van der Waals surface area contributed by atoms with Crippen molar-refractivity contribution in [1.29, 1.82) is 0 Å². The van der Waals surface area contributed by atoms with Crippen LogP contribution in [-0.2, 0) is 16.1 Å². The molecule has 1 unspecified atom stereocenters. The molecule has 0 radical (unpaired) electrons. The summed E-state index contributed by atoms with van der Waals surface area (Å²) in [7, 11) is 0. The van der Waals surface area contributed by atoms with E-state index in [4.69, 9.17) is 0 Å². The van der Waals surface area contributed by atoms with Crippen molar-refractivity contribution < 1.29 is 14.0 Å². The Balaban J connectivity index is 1.48. The molecule has 2 aliphatic rings. The molecule has 2 fully saturated rings. The van der Waals surface area contributed by atoms with Gasteiger partial charge in [-0.25, -0.2) is 4.39 Å². The van der Waals surface area contributed by atoms with Crippen LogP contribution in [0.1, 0.15) is 37.7 Å². The summed E-state index contributed by atoms with van der Waals surface area (Å²) in [5.41, 5.74) is 0.492. The first-order chi connectivity index (χ1) is 12.1. The highest BCUT2D eigenvalue weighted by atomic mass is 19.1. The summed E-state index contributed by atoms with van der Waals surface area (Å²) in [4.78, 5) is 28.4. The lowest BCUT2D eigenvalue weighted by Crippen LogP contribution is -2.53. The third kappa shape index (κ3) is 4.78. The molecular formula is C19H26FN3O2. The number of carbonyl (C=O) groups excluding carboxylic acids is 2. The third-order valence-corrected chi connectivity index (χ3v) is 5.08. The average molecular weight is 347 g/mol. The van der Waals surface area contributed by atoms with Gasteiger partial charge in [-0.3, -0.25) is 14.5 Å². The van der Waals surface area contributed by atoms with Crippen LogP contribution >= 0.6 is 0 Å². The number of hydrogen-bond acceptors (Lipinski definition) is 3. The van der Waals surface area contributed by atoms with Crippen molar-refractivity contribution in [3.8, 4) is 0 Å². The van der Waals surface area contributed by atoms with Gasteiger partial charge in [-0.15, -0.1) is 0 Å². The van der Waals surface area contributed by atoms with Gasteiger partial charge >= 0.3 is 0 Å². The van der Waals surface area contributed by atoms with Crippen LogP contribution in [0.5, 0.6) is 0 Å². The SMILES string of the molecule is O=C(CN1CCCC(N2CCCCC2=O)C1)NCc1ccccc1F. The van der Waals surface area contributed by atoms with E-state index in [0.29, 0.717) is 18.5 Å². The number of nitrogens with zero attached hydrogens (tertiary/aromatic N) is 2. The van der Waals surface area contributed by atoms with Gasteiger partial charge in [0, 0.05) is 37.7 Å². The second-order valence-corrected chi connectivity index (χ2v) is 6.94. The van der Waals surface area contributed by atoms with Crippen LogP contribution in [0.25, 0.3) is 0 Å². The lowest BCUT2D eigenvalue weighted by atomic mass is 10.0. The molecule has 25 heavy (non-hydrogen) atoms. The Hall–Kier alpha value is -1.95. The van der Waals surface area contributed by atoms with Gasteiger partial charge in [0.05, 0.1) is 6.54 Å². The summed E-state index contributed by atoms with van der Waals surface area (Å²) < 4.78 is 13.6. The largest absolute Gasteiger partial charge is 0.351 e. The summed E-state index contributed by atoms with van der Waals surface area (Å²) in [5, 5.41) is 2.79. The van der Waals surface area contributed by atoms with E-state index >= 15 is 0 Å². The molecule has 6 heteroatoms. The zero-order valence-electron chi connectivity index (χ0n) is 14.5. The smallest absolute Gasteiger partial charge is 0.234 e. The second-order valence-electron chi connectivity index (χ2n) is 6.94. The van der Waals surface area contributed by atoms with E-state index in [-0.39, 0.29) is 30.2 Å². The minimum atomic E-state index is -0.301. The monoisotopic (exact) mass is 347 g/mol. The summed E-state index contributed by atoms with van der Waals surface area (Å²) in [6.07, 6.45) is 4.73. The topological polar surface area (TPSA) is 52.7 Å². The minimum Gasteiger partial charge on any atom is -0.351 e. The Kier molecular flexibility index (Phi) is 6.02. The van der Waals surface area contributed by atoms with E-state index < -0.39 is 0 Å². The number of halogens is 1. The molecular weight excluding hydrogens is 321 g/mol. The van der Waals surface area contributed by atoms with Gasteiger partial charge in [0.1, 0.15) is 5.82 Å². The number of piperidine rings is 2. The summed E-state index contributed by atoms with van der Waals surface area (Å²) in [6, 6.07) is 6.69. The molecule has 2 saturated heterocycles. The normalized spacial score (nSPS) is 22.0. The maximum Gasteiger partial charge on any atom is 0.234 e. The van der Waals surface area contributed by atoms with Gasteiger partial charge in [-0.05, 0) is 38.3 Å². The molecule has 2 amide bonds. The predicted molar refractivity (Wildman–Crippen MR) is 93.3 cm³/mol. The molecule has 136 valence electrons. The fourth-order valence-corrected chi connectivity index (χ4v) is 3.74. The van der Waals surface area contributed by atoms with Crippen LogP contribution < -0.4 is 5.32 Å². The molecule has 0 aliphatic carbocycles. The summed E-state index contributed by atoms with van der Waals surface area (Å²) >= 11 is 0. The lowest BCUT2D eigenvalue weighted by Gasteiger charge is -2.40. The highest BCUT2D eigenvalue weighted by Gasteiger charge is 2.30. The lowest BCUT2D eigenvalue weighted by molar-refractivity contribution is -0.137. The standard InChI is InChI=1S/C19H26FN3O2/c20-17-8-2-1-6-15(17)12-21-18(24)14-22-10-5-7-16(13-22)23-11-4-3-9-19(23)25/h1-2,6,8,16H,3-5,7,9-14H2,(H,21,24). The van der Waals surface area contributed by atoms with E-state index in [1.165, 1.54) is 6.07 Å². The predicted octanol–water partition coefficient (Wildman–Crippen LogP) is 1.92. The molecule has 1 aromatic carbocycles. The average Bonchev–Trinajstić information content (AvgIpc) is 2.62. The van der Waals surface area contributed by atoms with Crippen molar-refractivity contribution in [2.24, 2.45) is 0 Å². The van der Waals surface area contributed by atoms with Crippen LogP contribution in [0.4, 0.5) is 4.39 Å². The molecule has 0 saturated carbocycles. The van der Waals surface area contributed by atoms with Gasteiger partial charge in [0.25, 0.3) is 0 Å². The highest BCUT2D eigenvalue weighted by molar-refractivity contribution is 5.78. The van der Waals surface area contributed by atoms with Crippen molar-refractivity contribution >= 4 is 11.8 Å². The summed E-state index contributed by atoms with van der Waals surface area (Å²) in [5.74, 6) is -0.152. The first-order valence-electron chi connectivity index (χ1n) is 9.15. The Labute approximate surface area is 148 Å². The second kappa shape index (κ2) is 8.43. The molecule has 0 spiro atoms. The number of amides is 2. The number of hydrogen-bond donors (Lipinski definition) is 1. The number of nitrogens with one attached hydrogen (secondary N) is 1. The fourth-order valence-electron chi connectivity index (χ4n) is 3.74. The van der Waals surface area contributed by atoms with Crippen molar-refractivity contribution in [3.05, 3.63) is 35.6 Å². The first kappa shape index (κ1) is 17.9. The third-order valence-electron chi connectivity index (χ3n) is 5.08. The van der Waals surface area contributed by atoms with Crippen LogP contribution in [0, 0.1) is 5.82 Å². The van der Waals surface area contributed by atoms with Crippen LogP contribution in [0.3, 0.4) is 0 Å². The van der Waals surface area contributed by atoms with Crippen LogP contribution in [-0.4, -0.2) is 53.8 Å². The number of likely N-dealkylation sites (tertiary alicyclic amines) is 2. The Morgan fingerprint density at radius 1 is 1.20 bits per heavy atom. The van der Waals surface area contributed by atoms with Crippen molar-refractivity contribution in [3.63, 3.8) is 0 Å². The van der Waals surface area contributed by atoms with Gasteiger partial charge in [-0.1, -0.05) is 18.2 Å². The summed E-state index contributed by atoms with van der Waals surface area (Å²) in [6.45, 7) is 2.96. The Bertz CT molecular complexity index is 622. The molecule has 1 N–H and O–H groups in total. The van der Waals surface area contributed by atoms with Crippen LogP contribution in [0.15, 0.2) is 24.3 Å². The maximum absolute atomic E-state index is 13.6. The molecule has 0 aromatic heterocycles. The van der Waals surface area contributed by atoms with Crippen molar-refractivity contribution in [1.82, 2.24) is 15.1 Å². The fraction of sp³-hybridized carbons (Fsp3) is 0.579. The molecule has 1 atom stereocenters. The number of rotatable bonds is 5. The van der Waals surface area contributed by atoms with E-state index in [1.54, 1.807) is 18.2 Å². The van der Waals surface area contributed by atoms with Crippen molar-refractivity contribution in [2.45, 2.75) is 44.7 Å². The van der Waals surface area contributed by atoms with E-state index in [1.807, 2.05) is 4.90 Å². The quantitative estimate of drug-likeness (QED) is 0.885.